The fourth-order valence-corrected chi connectivity index (χ4v) is 2.42. The molecule has 1 aromatic carbocycles. The van der Waals surface area contributed by atoms with Crippen LogP contribution in [0.1, 0.15) is 44.2 Å². The maximum atomic E-state index is 12.1. The summed E-state index contributed by atoms with van der Waals surface area (Å²) in [5.74, 6) is 1.71. The van der Waals surface area contributed by atoms with Gasteiger partial charge in [0.1, 0.15) is 5.75 Å². The van der Waals surface area contributed by atoms with E-state index in [1.807, 2.05) is 51.1 Å². The summed E-state index contributed by atoms with van der Waals surface area (Å²) < 4.78 is 10.8. The number of benzene rings is 1. The van der Waals surface area contributed by atoms with Gasteiger partial charge in [0.25, 0.3) is 11.8 Å². The molecule has 0 saturated heterocycles. The lowest BCUT2D eigenvalue weighted by atomic mass is 10.2. The highest BCUT2D eigenvalue weighted by molar-refractivity contribution is 5.78. The molecular weight excluding hydrogens is 344 g/mol. The second-order valence-electron chi connectivity index (χ2n) is 6.47. The molecule has 27 heavy (non-hydrogen) atoms. The van der Waals surface area contributed by atoms with Gasteiger partial charge in [0.2, 0.25) is 0 Å². The first kappa shape index (κ1) is 18.6. The molecule has 0 radical (unpaired) electrons. The molecule has 2 aromatic heterocycles. The number of pyridine rings is 1. The zero-order chi connectivity index (χ0) is 19.2. The number of ether oxygens (including phenoxy) is 1. The lowest BCUT2D eigenvalue weighted by molar-refractivity contribution is -0.123. The van der Waals surface area contributed by atoms with E-state index in [1.54, 1.807) is 18.3 Å². The molecule has 1 atom stereocenters. The van der Waals surface area contributed by atoms with Gasteiger partial charge in [0.15, 0.2) is 12.4 Å². The Morgan fingerprint density at radius 2 is 1.93 bits per heavy atom. The number of rotatable bonds is 7. The van der Waals surface area contributed by atoms with Gasteiger partial charge in [-0.05, 0) is 43.3 Å². The van der Waals surface area contributed by atoms with Crippen LogP contribution in [0.25, 0.3) is 11.5 Å². The van der Waals surface area contributed by atoms with E-state index in [4.69, 9.17) is 9.26 Å². The average Bonchev–Trinajstić information content (AvgIpc) is 3.18. The monoisotopic (exact) mass is 366 g/mol. The fourth-order valence-electron chi connectivity index (χ4n) is 2.42. The van der Waals surface area contributed by atoms with Crippen LogP contribution in [0.5, 0.6) is 5.75 Å². The average molecular weight is 366 g/mol. The van der Waals surface area contributed by atoms with E-state index in [-0.39, 0.29) is 24.5 Å². The Kier molecular flexibility index (Phi) is 5.80. The molecule has 7 heteroatoms. The van der Waals surface area contributed by atoms with Gasteiger partial charge in [-0.2, -0.15) is 4.98 Å². The quantitative estimate of drug-likeness (QED) is 0.688. The molecule has 1 amide bonds. The third-order valence-corrected chi connectivity index (χ3v) is 3.94. The Bertz CT molecular complexity index is 876. The van der Waals surface area contributed by atoms with Crippen LogP contribution in [0.4, 0.5) is 0 Å². The number of aromatic nitrogens is 3. The Morgan fingerprint density at radius 1 is 1.15 bits per heavy atom. The first-order chi connectivity index (χ1) is 13.0. The maximum absolute atomic E-state index is 12.1. The standard InChI is InChI=1S/C20H22N4O3/c1-13(2)19-23-20(27-24-19)15-7-9-16(10-8-15)26-12-18(25)22-14(3)17-6-4-5-11-21-17/h4-11,13-14H,12H2,1-3H3,(H,22,25)/t14-/m1/s1. The summed E-state index contributed by atoms with van der Waals surface area (Å²) in [4.78, 5) is 20.6. The third-order valence-electron chi connectivity index (χ3n) is 3.94. The molecule has 0 spiro atoms. The van der Waals surface area contributed by atoms with Gasteiger partial charge in [-0.15, -0.1) is 0 Å². The number of hydrogen-bond acceptors (Lipinski definition) is 6. The molecule has 0 aliphatic heterocycles. The summed E-state index contributed by atoms with van der Waals surface area (Å²) in [5, 5.41) is 6.81. The van der Waals surface area contributed by atoms with Crippen molar-refractivity contribution in [2.75, 3.05) is 6.61 Å². The Labute approximate surface area is 157 Å². The molecule has 0 unspecified atom stereocenters. The molecule has 0 aliphatic carbocycles. The van der Waals surface area contributed by atoms with Crippen molar-refractivity contribution in [3.05, 3.63) is 60.2 Å². The van der Waals surface area contributed by atoms with Gasteiger partial charge in [0.05, 0.1) is 11.7 Å². The number of nitrogens with zero attached hydrogens (tertiary/aromatic N) is 3. The van der Waals surface area contributed by atoms with E-state index in [9.17, 15) is 4.79 Å². The second-order valence-corrected chi connectivity index (χ2v) is 6.47. The van der Waals surface area contributed by atoms with Crippen molar-refractivity contribution < 1.29 is 14.1 Å². The van der Waals surface area contributed by atoms with E-state index >= 15 is 0 Å². The van der Waals surface area contributed by atoms with Crippen LogP contribution in [-0.4, -0.2) is 27.6 Å². The maximum Gasteiger partial charge on any atom is 0.258 e. The van der Waals surface area contributed by atoms with E-state index in [0.717, 1.165) is 11.3 Å². The van der Waals surface area contributed by atoms with Gasteiger partial charge in [0, 0.05) is 17.7 Å². The highest BCUT2D eigenvalue weighted by Crippen LogP contribution is 2.22. The summed E-state index contributed by atoms with van der Waals surface area (Å²) in [6.07, 6.45) is 1.70. The van der Waals surface area contributed by atoms with Crippen LogP contribution in [0.3, 0.4) is 0 Å². The normalized spacial score (nSPS) is 12.0. The summed E-state index contributed by atoms with van der Waals surface area (Å²) in [6, 6.07) is 12.6. The minimum Gasteiger partial charge on any atom is -0.484 e. The van der Waals surface area contributed by atoms with Crippen LogP contribution in [0.15, 0.2) is 53.2 Å². The van der Waals surface area contributed by atoms with Crippen molar-refractivity contribution in [3.8, 4) is 17.2 Å². The number of hydrogen-bond donors (Lipinski definition) is 1. The first-order valence-electron chi connectivity index (χ1n) is 8.80. The molecule has 0 bridgehead atoms. The van der Waals surface area contributed by atoms with Crippen LogP contribution in [-0.2, 0) is 4.79 Å². The minimum atomic E-state index is -0.212. The van der Waals surface area contributed by atoms with Gasteiger partial charge >= 0.3 is 0 Å². The minimum absolute atomic E-state index is 0.0748. The molecular formula is C20H22N4O3. The van der Waals surface area contributed by atoms with Crippen LogP contribution in [0, 0.1) is 0 Å². The van der Waals surface area contributed by atoms with Gasteiger partial charge < -0.3 is 14.6 Å². The van der Waals surface area contributed by atoms with Gasteiger partial charge in [-0.1, -0.05) is 25.1 Å². The summed E-state index contributed by atoms with van der Waals surface area (Å²) in [5.41, 5.74) is 1.60. The molecule has 0 fully saturated rings. The summed E-state index contributed by atoms with van der Waals surface area (Å²) >= 11 is 0. The van der Waals surface area contributed by atoms with Gasteiger partial charge in [-0.3, -0.25) is 9.78 Å². The Morgan fingerprint density at radius 3 is 2.56 bits per heavy atom. The van der Waals surface area contributed by atoms with E-state index < -0.39 is 0 Å². The van der Waals surface area contributed by atoms with Crippen molar-refractivity contribution in [2.24, 2.45) is 0 Å². The molecule has 3 aromatic rings. The zero-order valence-corrected chi connectivity index (χ0v) is 15.5. The van der Waals surface area contributed by atoms with E-state index in [2.05, 4.69) is 20.4 Å². The van der Waals surface area contributed by atoms with Crippen molar-refractivity contribution >= 4 is 5.91 Å². The number of amides is 1. The molecule has 2 heterocycles. The fraction of sp³-hybridized carbons (Fsp3) is 0.300. The smallest absolute Gasteiger partial charge is 0.258 e. The lowest BCUT2D eigenvalue weighted by Gasteiger charge is -2.13. The highest BCUT2D eigenvalue weighted by Gasteiger charge is 2.13. The van der Waals surface area contributed by atoms with E-state index in [1.165, 1.54) is 0 Å². The van der Waals surface area contributed by atoms with E-state index in [0.29, 0.717) is 17.5 Å². The molecule has 0 saturated carbocycles. The lowest BCUT2D eigenvalue weighted by Crippen LogP contribution is -2.31. The Hall–Kier alpha value is -3.22. The largest absolute Gasteiger partial charge is 0.484 e. The van der Waals surface area contributed by atoms with Crippen molar-refractivity contribution in [3.63, 3.8) is 0 Å². The molecule has 140 valence electrons. The Balaban J connectivity index is 1.53. The summed E-state index contributed by atoms with van der Waals surface area (Å²) in [6.45, 7) is 5.82. The van der Waals surface area contributed by atoms with Crippen LogP contribution < -0.4 is 10.1 Å². The van der Waals surface area contributed by atoms with Gasteiger partial charge in [-0.25, -0.2) is 0 Å². The second kappa shape index (κ2) is 8.44. The molecule has 3 rings (SSSR count). The van der Waals surface area contributed by atoms with Crippen molar-refractivity contribution in [1.82, 2.24) is 20.4 Å². The number of nitrogens with one attached hydrogen (secondary N) is 1. The SMILES string of the molecule is CC(C)c1noc(-c2ccc(OCC(=O)N[C@H](C)c3ccccn3)cc2)n1. The third kappa shape index (κ3) is 4.91. The first-order valence-corrected chi connectivity index (χ1v) is 8.80. The highest BCUT2D eigenvalue weighted by atomic mass is 16.5. The molecule has 7 nitrogen and oxygen atoms in total. The van der Waals surface area contributed by atoms with Crippen LogP contribution in [0.2, 0.25) is 0 Å². The number of carbonyl (C=O) groups is 1. The molecule has 1 N–H and O–H groups in total. The topological polar surface area (TPSA) is 90.1 Å². The predicted octanol–water partition coefficient (Wildman–Crippen LogP) is 3.51. The van der Waals surface area contributed by atoms with Crippen molar-refractivity contribution in [1.29, 1.82) is 0 Å². The predicted molar refractivity (Wildman–Crippen MR) is 100 cm³/mol. The zero-order valence-electron chi connectivity index (χ0n) is 15.5. The number of carbonyl (C=O) groups excluding carboxylic acids is 1. The van der Waals surface area contributed by atoms with Crippen molar-refractivity contribution in [2.45, 2.75) is 32.7 Å². The van der Waals surface area contributed by atoms with Crippen LogP contribution >= 0.6 is 0 Å². The molecule has 0 aliphatic rings. The summed E-state index contributed by atoms with van der Waals surface area (Å²) in [7, 11) is 0.